The van der Waals surface area contributed by atoms with Crippen LogP contribution in [-0.2, 0) is 14.8 Å². The molecule has 1 N–H and O–H groups in total. The summed E-state index contributed by atoms with van der Waals surface area (Å²) < 4.78 is 31.8. The lowest BCUT2D eigenvalue weighted by Gasteiger charge is -2.38. The van der Waals surface area contributed by atoms with Crippen molar-refractivity contribution in [1.82, 2.24) is 5.32 Å². The van der Waals surface area contributed by atoms with Gasteiger partial charge in [0.1, 0.15) is 17.9 Å². The summed E-state index contributed by atoms with van der Waals surface area (Å²) in [5.74, 6) is 0.268. The van der Waals surface area contributed by atoms with E-state index in [1.807, 2.05) is 39.0 Å². The standard InChI is InChI=1S/C21H24Cl2N2O4S/c1-13-5-8-19-15(9-13)17(11-21(2,3)29-19)24-20(26)12-25(30(4,27)28)18-7-6-14(22)10-16(18)23/h5-10,17H,11-12H2,1-4H3,(H,24,26). The van der Waals surface area contributed by atoms with Crippen LogP contribution >= 0.6 is 23.2 Å². The summed E-state index contributed by atoms with van der Waals surface area (Å²) in [4.78, 5) is 12.9. The normalized spacial score (nSPS) is 17.6. The number of rotatable bonds is 5. The summed E-state index contributed by atoms with van der Waals surface area (Å²) >= 11 is 12.1. The van der Waals surface area contributed by atoms with E-state index in [-0.39, 0.29) is 16.8 Å². The number of carbonyl (C=O) groups excluding carboxylic acids is 1. The lowest BCUT2D eigenvalue weighted by molar-refractivity contribution is -0.120. The molecule has 2 aromatic rings. The summed E-state index contributed by atoms with van der Waals surface area (Å²) in [6.07, 6.45) is 1.58. The van der Waals surface area contributed by atoms with Gasteiger partial charge in [-0.15, -0.1) is 0 Å². The van der Waals surface area contributed by atoms with Crippen molar-refractivity contribution >= 4 is 44.8 Å². The predicted molar refractivity (Wildman–Crippen MR) is 120 cm³/mol. The Morgan fingerprint density at radius 3 is 2.57 bits per heavy atom. The maximum Gasteiger partial charge on any atom is 0.241 e. The van der Waals surface area contributed by atoms with Gasteiger partial charge in [-0.3, -0.25) is 9.10 Å². The Bertz CT molecular complexity index is 1090. The zero-order valence-electron chi connectivity index (χ0n) is 17.2. The molecule has 1 atom stereocenters. The third-order valence-electron chi connectivity index (χ3n) is 4.82. The van der Waals surface area contributed by atoms with E-state index in [2.05, 4.69) is 5.32 Å². The molecule has 162 valence electrons. The minimum Gasteiger partial charge on any atom is -0.487 e. The van der Waals surface area contributed by atoms with Gasteiger partial charge in [-0.2, -0.15) is 0 Å². The second-order valence-corrected chi connectivity index (χ2v) is 10.8. The SMILES string of the molecule is Cc1ccc2c(c1)C(NC(=O)CN(c1ccc(Cl)cc1Cl)S(C)(=O)=O)CC(C)(C)O2. The largest absolute Gasteiger partial charge is 0.487 e. The molecule has 1 aliphatic rings. The van der Waals surface area contributed by atoms with E-state index >= 15 is 0 Å². The number of aryl methyl sites for hydroxylation is 1. The molecule has 30 heavy (non-hydrogen) atoms. The first-order valence-corrected chi connectivity index (χ1v) is 12.0. The molecule has 0 saturated heterocycles. The number of amides is 1. The van der Waals surface area contributed by atoms with Crippen molar-refractivity contribution in [3.63, 3.8) is 0 Å². The van der Waals surface area contributed by atoms with Gasteiger partial charge in [-0.05, 0) is 45.0 Å². The molecule has 3 rings (SSSR count). The fourth-order valence-electron chi connectivity index (χ4n) is 3.54. The molecule has 0 aliphatic carbocycles. The number of fused-ring (bicyclic) bond motifs is 1. The number of halogens is 2. The van der Waals surface area contributed by atoms with Crippen molar-refractivity contribution in [2.24, 2.45) is 0 Å². The van der Waals surface area contributed by atoms with Gasteiger partial charge >= 0.3 is 0 Å². The van der Waals surface area contributed by atoms with Gasteiger partial charge < -0.3 is 10.1 Å². The fourth-order valence-corrected chi connectivity index (χ4v) is 4.97. The molecule has 9 heteroatoms. The highest BCUT2D eigenvalue weighted by atomic mass is 35.5. The lowest BCUT2D eigenvalue weighted by atomic mass is 9.89. The van der Waals surface area contributed by atoms with Gasteiger partial charge in [0.05, 0.1) is 23.0 Å². The quantitative estimate of drug-likeness (QED) is 0.698. The number of sulfonamides is 1. The number of benzene rings is 2. The first-order chi connectivity index (χ1) is 13.9. The van der Waals surface area contributed by atoms with Crippen molar-refractivity contribution in [3.05, 3.63) is 57.6 Å². The first-order valence-electron chi connectivity index (χ1n) is 9.37. The number of carbonyl (C=O) groups is 1. The van der Waals surface area contributed by atoms with E-state index in [0.29, 0.717) is 17.2 Å². The molecule has 0 saturated carbocycles. The Hall–Kier alpha value is -1.96. The van der Waals surface area contributed by atoms with Crippen molar-refractivity contribution < 1.29 is 17.9 Å². The topological polar surface area (TPSA) is 75.7 Å². The van der Waals surface area contributed by atoms with E-state index in [9.17, 15) is 13.2 Å². The Balaban J connectivity index is 1.87. The van der Waals surface area contributed by atoms with E-state index in [1.165, 1.54) is 18.2 Å². The number of nitrogens with one attached hydrogen (secondary N) is 1. The number of ether oxygens (including phenoxy) is 1. The Morgan fingerprint density at radius 1 is 1.23 bits per heavy atom. The van der Waals surface area contributed by atoms with Crippen molar-refractivity contribution in [2.75, 3.05) is 17.1 Å². The maximum absolute atomic E-state index is 12.9. The van der Waals surface area contributed by atoms with Crippen LogP contribution in [0.3, 0.4) is 0 Å². The first kappa shape index (κ1) is 22.7. The highest BCUT2D eigenvalue weighted by Crippen LogP contribution is 2.40. The van der Waals surface area contributed by atoms with Gasteiger partial charge in [0, 0.05) is 17.0 Å². The maximum atomic E-state index is 12.9. The van der Waals surface area contributed by atoms with Crippen molar-refractivity contribution in [3.8, 4) is 5.75 Å². The minimum atomic E-state index is -3.76. The second-order valence-electron chi connectivity index (χ2n) is 8.09. The fraction of sp³-hybridized carbons (Fsp3) is 0.381. The van der Waals surface area contributed by atoms with E-state index in [0.717, 1.165) is 21.7 Å². The molecule has 1 amide bonds. The Kier molecular flexibility index (Phi) is 6.28. The van der Waals surface area contributed by atoms with E-state index < -0.39 is 28.1 Å². The van der Waals surface area contributed by atoms with Crippen molar-refractivity contribution in [1.29, 1.82) is 0 Å². The monoisotopic (exact) mass is 470 g/mol. The number of hydrogen-bond acceptors (Lipinski definition) is 4. The van der Waals surface area contributed by atoms with Crippen LogP contribution in [0, 0.1) is 6.92 Å². The molecule has 0 radical (unpaired) electrons. The summed E-state index contributed by atoms with van der Waals surface area (Å²) in [7, 11) is -3.76. The predicted octanol–water partition coefficient (Wildman–Crippen LogP) is 4.49. The molecule has 0 spiro atoms. The van der Waals surface area contributed by atoms with Crippen LogP contribution in [-0.4, -0.2) is 32.7 Å². The second kappa shape index (κ2) is 8.29. The number of anilines is 1. The van der Waals surface area contributed by atoms with Crippen LogP contribution in [0.2, 0.25) is 10.0 Å². The molecule has 1 unspecified atom stereocenters. The van der Waals surface area contributed by atoms with Gasteiger partial charge in [-0.25, -0.2) is 8.42 Å². The zero-order valence-corrected chi connectivity index (χ0v) is 19.5. The lowest BCUT2D eigenvalue weighted by Crippen LogP contribution is -2.45. The molecule has 2 aromatic carbocycles. The average Bonchev–Trinajstić information content (AvgIpc) is 2.59. The van der Waals surface area contributed by atoms with Gasteiger partial charge in [0.2, 0.25) is 15.9 Å². The molecule has 0 aromatic heterocycles. The van der Waals surface area contributed by atoms with Gasteiger partial charge in [-0.1, -0.05) is 40.9 Å². The molecule has 0 bridgehead atoms. The Morgan fingerprint density at radius 2 is 1.93 bits per heavy atom. The average molecular weight is 471 g/mol. The smallest absolute Gasteiger partial charge is 0.241 e. The minimum absolute atomic E-state index is 0.147. The summed E-state index contributed by atoms with van der Waals surface area (Å²) in [5, 5.41) is 3.49. The number of nitrogens with zero attached hydrogens (tertiary/aromatic N) is 1. The Labute approximate surface area is 187 Å². The summed E-state index contributed by atoms with van der Waals surface area (Å²) in [5.41, 5.74) is 1.64. The molecule has 6 nitrogen and oxygen atoms in total. The third-order valence-corrected chi connectivity index (χ3v) is 6.49. The summed E-state index contributed by atoms with van der Waals surface area (Å²) in [6.45, 7) is 5.46. The van der Waals surface area contributed by atoms with Gasteiger partial charge in [0.25, 0.3) is 0 Å². The zero-order chi connectivity index (χ0) is 22.3. The van der Waals surface area contributed by atoms with Crippen LogP contribution in [0.4, 0.5) is 5.69 Å². The van der Waals surface area contributed by atoms with Crippen LogP contribution in [0.15, 0.2) is 36.4 Å². The van der Waals surface area contributed by atoms with Gasteiger partial charge in [0.15, 0.2) is 0 Å². The molecular formula is C21H24Cl2N2O4S. The summed E-state index contributed by atoms with van der Waals surface area (Å²) in [6, 6.07) is 9.95. The van der Waals surface area contributed by atoms with Crippen LogP contribution in [0.25, 0.3) is 0 Å². The third kappa shape index (κ3) is 5.20. The van der Waals surface area contributed by atoms with Crippen molar-refractivity contribution in [2.45, 2.75) is 38.8 Å². The van der Waals surface area contributed by atoms with E-state index in [1.54, 1.807) is 0 Å². The highest BCUT2D eigenvalue weighted by Gasteiger charge is 2.35. The van der Waals surface area contributed by atoms with Crippen LogP contribution in [0.1, 0.15) is 37.4 Å². The molecule has 1 heterocycles. The highest BCUT2D eigenvalue weighted by molar-refractivity contribution is 7.92. The van der Waals surface area contributed by atoms with Crippen LogP contribution in [0.5, 0.6) is 5.75 Å². The number of hydrogen-bond donors (Lipinski definition) is 1. The van der Waals surface area contributed by atoms with Crippen LogP contribution < -0.4 is 14.4 Å². The molecule has 1 aliphatic heterocycles. The molecule has 0 fully saturated rings. The van der Waals surface area contributed by atoms with E-state index in [4.69, 9.17) is 27.9 Å². The molecular weight excluding hydrogens is 447 g/mol.